The Bertz CT molecular complexity index is 396. The van der Waals surface area contributed by atoms with Gasteiger partial charge in [0.1, 0.15) is 0 Å². The highest BCUT2D eigenvalue weighted by molar-refractivity contribution is 8.00. The molecule has 0 aromatic heterocycles. The highest BCUT2D eigenvalue weighted by Crippen LogP contribution is 2.44. The van der Waals surface area contributed by atoms with Crippen molar-refractivity contribution in [3.63, 3.8) is 0 Å². The van der Waals surface area contributed by atoms with E-state index in [1.165, 1.54) is 21.7 Å². The van der Waals surface area contributed by atoms with Crippen LogP contribution < -0.4 is 4.90 Å². The second-order valence-electron chi connectivity index (χ2n) is 5.12. The molecule has 1 aliphatic rings. The smallest absolute Gasteiger partial charge is 0.0505 e. The first-order valence-corrected chi connectivity index (χ1v) is 6.22. The van der Waals surface area contributed by atoms with Gasteiger partial charge < -0.3 is 4.90 Å². The second-order valence-corrected chi connectivity index (χ2v) is 6.87. The molecular weight excluding hydrogens is 202 g/mol. The quantitative estimate of drug-likeness (QED) is 0.658. The van der Waals surface area contributed by atoms with E-state index in [0.717, 1.165) is 6.54 Å². The van der Waals surface area contributed by atoms with Crippen molar-refractivity contribution in [1.29, 1.82) is 0 Å². The van der Waals surface area contributed by atoms with Crippen LogP contribution in [0.4, 0.5) is 5.69 Å². The Balaban J connectivity index is 2.51. The number of hydrogen-bond donors (Lipinski definition) is 0. The van der Waals surface area contributed by atoms with Crippen molar-refractivity contribution in [2.45, 2.75) is 37.3 Å². The Labute approximate surface area is 96.9 Å². The molecule has 0 radical (unpaired) electrons. The molecule has 0 unspecified atom stereocenters. The van der Waals surface area contributed by atoms with Crippen LogP contribution in [0.25, 0.3) is 0 Å². The van der Waals surface area contributed by atoms with Gasteiger partial charge in [0.25, 0.3) is 0 Å². The van der Waals surface area contributed by atoms with E-state index < -0.39 is 0 Å². The van der Waals surface area contributed by atoms with Gasteiger partial charge in [-0.2, -0.15) is 0 Å². The predicted molar refractivity (Wildman–Crippen MR) is 69.1 cm³/mol. The van der Waals surface area contributed by atoms with Crippen LogP contribution in [0.5, 0.6) is 0 Å². The summed E-state index contributed by atoms with van der Waals surface area (Å²) in [5.41, 5.74) is 4.18. The van der Waals surface area contributed by atoms with E-state index in [0.29, 0.717) is 4.75 Å². The Morgan fingerprint density at radius 2 is 1.80 bits per heavy atom. The molecule has 0 fully saturated rings. The van der Waals surface area contributed by atoms with Crippen LogP contribution in [0.15, 0.2) is 17.0 Å². The van der Waals surface area contributed by atoms with Crippen LogP contribution in [0.1, 0.15) is 25.0 Å². The number of anilines is 1. The van der Waals surface area contributed by atoms with Crippen molar-refractivity contribution >= 4 is 17.4 Å². The van der Waals surface area contributed by atoms with E-state index in [4.69, 9.17) is 0 Å². The van der Waals surface area contributed by atoms with Crippen LogP contribution in [0, 0.1) is 13.8 Å². The molecule has 0 amide bonds. The third-order valence-corrected chi connectivity index (χ3v) is 4.22. The Kier molecular flexibility index (Phi) is 2.50. The SMILES string of the molecule is Cc1cc2c(cc1C)N(C)CC(C)(C)S2. The zero-order valence-corrected chi connectivity index (χ0v) is 11.0. The molecular formula is C13H19NS. The number of fused-ring (bicyclic) bond motifs is 1. The fourth-order valence-electron chi connectivity index (χ4n) is 2.14. The normalized spacial score (nSPS) is 18.9. The van der Waals surface area contributed by atoms with E-state index in [1.54, 1.807) is 0 Å². The molecule has 0 spiro atoms. The predicted octanol–water partition coefficient (Wildman–Crippen LogP) is 3.62. The molecule has 82 valence electrons. The van der Waals surface area contributed by atoms with Gasteiger partial charge in [-0.25, -0.2) is 0 Å². The largest absolute Gasteiger partial charge is 0.372 e. The summed E-state index contributed by atoms with van der Waals surface area (Å²) in [6, 6.07) is 4.64. The van der Waals surface area contributed by atoms with Gasteiger partial charge in [0.2, 0.25) is 0 Å². The van der Waals surface area contributed by atoms with Gasteiger partial charge in [0.15, 0.2) is 0 Å². The van der Waals surface area contributed by atoms with Gasteiger partial charge in [-0.15, -0.1) is 11.8 Å². The number of rotatable bonds is 0. The van der Waals surface area contributed by atoms with Crippen molar-refractivity contribution in [2.75, 3.05) is 18.5 Å². The maximum absolute atomic E-state index is 2.37. The molecule has 2 rings (SSSR count). The first-order chi connectivity index (χ1) is 6.89. The molecule has 1 nitrogen and oxygen atoms in total. The molecule has 0 atom stereocenters. The van der Waals surface area contributed by atoms with Gasteiger partial charge in [-0.05, 0) is 51.0 Å². The van der Waals surface area contributed by atoms with Crippen molar-refractivity contribution < 1.29 is 0 Å². The van der Waals surface area contributed by atoms with Crippen LogP contribution in [-0.4, -0.2) is 18.3 Å². The summed E-state index contributed by atoms with van der Waals surface area (Å²) in [6.07, 6.45) is 0. The minimum absolute atomic E-state index is 0.323. The van der Waals surface area contributed by atoms with Gasteiger partial charge in [0, 0.05) is 23.2 Å². The van der Waals surface area contributed by atoms with Gasteiger partial charge in [-0.3, -0.25) is 0 Å². The number of hydrogen-bond acceptors (Lipinski definition) is 2. The summed E-state index contributed by atoms with van der Waals surface area (Å²) in [5, 5.41) is 0. The summed E-state index contributed by atoms with van der Waals surface area (Å²) in [7, 11) is 2.19. The maximum atomic E-state index is 2.37. The van der Waals surface area contributed by atoms with Crippen LogP contribution in [0.2, 0.25) is 0 Å². The Morgan fingerprint density at radius 3 is 2.47 bits per heavy atom. The van der Waals surface area contributed by atoms with Gasteiger partial charge in [0.05, 0.1) is 5.69 Å². The zero-order chi connectivity index (χ0) is 11.2. The average Bonchev–Trinajstić information content (AvgIpc) is 2.07. The molecule has 0 saturated carbocycles. The van der Waals surface area contributed by atoms with Crippen molar-refractivity contribution in [3.8, 4) is 0 Å². The van der Waals surface area contributed by atoms with Crippen LogP contribution in [-0.2, 0) is 0 Å². The van der Waals surface area contributed by atoms with Crippen molar-refractivity contribution in [2.24, 2.45) is 0 Å². The minimum atomic E-state index is 0.323. The summed E-state index contributed by atoms with van der Waals surface area (Å²) in [4.78, 5) is 3.80. The fourth-order valence-corrected chi connectivity index (χ4v) is 3.55. The van der Waals surface area contributed by atoms with Gasteiger partial charge >= 0.3 is 0 Å². The molecule has 0 saturated heterocycles. The first-order valence-electron chi connectivity index (χ1n) is 5.40. The summed E-state index contributed by atoms with van der Waals surface area (Å²) >= 11 is 2.00. The molecule has 1 aliphatic heterocycles. The first kappa shape index (κ1) is 10.9. The third kappa shape index (κ3) is 2.00. The van der Waals surface area contributed by atoms with Crippen molar-refractivity contribution in [3.05, 3.63) is 23.3 Å². The number of benzene rings is 1. The standard InChI is InChI=1S/C13H19NS/c1-9-6-11-12(7-10(9)2)15-13(3,4)8-14(11)5/h6-7H,8H2,1-5H3. The highest BCUT2D eigenvalue weighted by Gasteiger charge is 2.29. The van der Waals surface area contributed by atoms with Crippen molar-refractivity contribution in [1.82, 2.24) is 0 Å². The molecule has 0 N–H and O–H groups in total. The minimum Gasteiger partial charge on any atom is -0.372 e. The van der Waals surface area contributed by atoms with E-state index in [2.05, 4.69) is 51.8 Å². The van der Waals surface area contributed by atoms with Crippen LogP contribution >= 0.6 is 11.8 Å². The second kappa shape index (κ2) is 3.44. The molecule has 0 bridgehead atoms. The molecule has 1 heterocycles. The Morgan fingerprint density at radius 1 is 1.20 bits per heavy atom. The lowest BCUT2D eigenvalue weighted by Gasteiger charge is -2.38. The molecule has 2 heteroatoms. The lowest BCUT2D eigenvalue weighted by Crippen LogP contribution is -2.37. The van der Waals surface area contributed by atoms with E-state index in [9.17, 15) is 0 Å². The highest BCUT2D eigenvalue weighted by atomic mass is 32.2. The maximum Gasteiger partial charge on any atom is 0.0505 e. The molecule has 15 heavy (non-hydrogen) atoms. The number of thioether (sulfide) groups is 1. The molecule has 0 aliphatic carbocycles. The summed E-state index contributed by atoms with van der Waals surface area (Å²) < 4.78 is 0.323. The monoisotopic (exact) mass is 221 g/mol. The average molecular weight is 221 g/mol. The number of nitrogens with zero attached hydrogens (tertiary/aromatic N) is 1. The summed E-state index contributed by atoms with van der Waals surface area (Å²) in [6.45, 7) is 10.1. The molecule has 1 aromatic carbocycles. The zero-order valence-electron chi connectivity index (χ0n) is 10.2. The third-order valence-electron chi connectivity index (χ3n) is 2.99. The lowest BCUT2D eigenvalue weighted by molar-refractivity contribution is 0.676. The lowest BCUT2D eigenvalue weighted by atomic mass is 10.1. The summed E-state index contributed by atoms with van der Waals surface area (Å²) in [5.74, 6) is 0. The van der Waals surface area contributed by atoms with E-state index in [-0.39, 0.29) is 0 Å². The topological polar surface area (TPSA) is 3.24 Å². The van der Waals surface area contributed by atoms with Gasteiger partial charge in [-0.1, -0.05) is 0 Å². The molecule has 1 aromatic rings. The van der Waals surface area contributed by atoms with E-state index >= 15 is 0 Å². The van der Waals surface area contributed by atoms with Crippen LogP contribution in [0.3, 0.4) is 0 Å². The number of aryl methyl sites for hydroxylation is 2. The fraction of sp³-hybridized carbons (Fsp3) is 0.538. The van der Waals surface area contributed by atoms with E-state index in [1.807, 2.05) is 11.8 Å². The Hall–Kier alpha value is -0.630.